The van der Waals surface area contributed by atoms with Crippen molar-refractivity contribution in [2.75, 3.05) is 0 Å². The first-order chi connectivity index (χ1) is 6.23. The largest absolute Gasteiger partial charge is 0.0853 e. The van der Waals surface area contributed by atoms with Crippen molar-refractivity contribution >= 4 is 0 Å². The van der Waals surface area contributed by atoms with Gasteiger partial charge in [0.25, 0.3) is 0 Å². The highest BCUT2D eigenvalue weighted by Gasteiger charge is 2.37. The normalized spacial score (nSPS) is 42.3. The zero-order valence-electron chi connectivity index (χ0n) is 9.10. The summed E-state index contributed by atoms with van der Waals surface area (Å²) in [5, 5.41) is 0. The molecule has 0 radical (unpaired) electrons. The Kier molecular flexibility index (Phi) is 2.49. The molecule has 2 unspecified atom stereocenters. The zero-order valence-corrected chi connectivity index (χ0v) is 9.10. The molecule has 2 aliphatic rings. The second kappa shape index (κ2) is 3.48. The van der Waals surface area contributed by atoms with Crippen molar-refractivity contribution in [3.8, 4) is 0 Å². The van der Waals surface area contributed by atoms with Crippen molar-refractivity contribution in [2.45, 2.75) is 58.8 Å². The molecule has 0 aromatic carbocycles. The van der Waals surface area contributed by atoms with Crippen LogP contribution >= 0.6 is 0 Å². The molecule has 2 fully saturated rings. The summed E-state index contributed by atoms with van der Waals surface area (Å²) in [6.07, 6.45) is 12.5. The number of allylic oxidation sites excluding steroid dienone is 2. The molecule has 0 saturated heterocycles. The second-order valence-electron chi connectivity index (χ2n) is 5.29. The lowest BCUT2D eigenvalue weighted by atomic mass is 9.61. The minimum atomic E-state index is 0.716. The maximum atomic E-state index is 2.50. The van der Waals surface area contributed by atoms with E-state index in [-0.39, 0.29) is 0 Å². The van der Waals surface area contributed by atoms with Crippen LogP contribution in [0.1, 0.15) is 58.8 Å². The zero-order chi connectivity index (χ0) is 9.31. The first-order valence-electron chi connectivity index (χ1n) is 5.92. The topological polar surface area (TPSA) is 0 Å². The van der Waals surface area contributed by atoms with Gasteiger partial charge in [0.05, 0.1) is 0 Å². The fraction of sp³-hybridized carbons (Fsp3) is 0.846. The molecule has 13 heavy (non-hydrogen) atoms. The lowest BCUT2D eigenvalue weighted by molar-refractivity contribution is 0.132. The summed E-state index contributed by atoms with van der Waals surface area (Å²) >= 11 is 0. The van der Waals surface area contributed by atoms with E-state index in [9.17, 15) is 0 Å². The Labute approximate surface area is 82.4 Å². The highest BCUT2D eigenvalue weighted by atomic mass is 14.4. The minimum Gasteiger partial charge on any atom is -0.0853 e. The van der Waals surface area contributed by atoms with Crippen LogP contribution in [-0.4, -0.2) is 0 Å². The highest BCUT2D eigenvalue weighted by Crippen LogP contribution is 2.50. The van der Waals surface area contributed by atoms with Gasteiger partial charge in [-0.25, -0.2) is 0 Å². The number of fused-ring (bicyclic) bond motifs is 2. The lowest BCUT2D eigenvalue weighted by Crippen LogP contribution is -2.31. The lowest BCUT2D eigenvalue weighted by Gasteiger charge is -2.44. The van der Waals surface area contributed by atoms with Gasteiger partial charge < -0.3 is 0 Å². The van der Waals surface area contributed by atoms with Gasteiger partial charge in [0.15, 0.2) is 0 Å². The van der Waals surface area contributed by atoms with Crippen molar-refractivity contribution in [3.05, 3.63) is 11.6 Å². The molecule has 74 valence electrons. The van der Waals surface area contributed by atoms with E-state index in [1.807, 2.05) is 0 Å². The Morgan fingerprint density at radius 3 is 3.08 bits per heavy atom. The third-order valence-electron chi connectivity index (χ3n) is 4.08. The van der Waals surface area contributed by atoms with Gasteiger partial charge in [-0.1, -0.05) is 31.9 Å². The summed E-state index contributed by atoms with van der Waals surface area (Å²) in [7, 11) is 0. The first kappa shape index (κ1) is 9.30. The second-order valence-corrected chi connectivity index (χ2v) is 5.29. The van der Waals surface area contributed by atoms with Crippen molar-refractivity contribution < 1.29 is 0 Å². The van der Waals surface area contributed by atoms with E-state index >= 15 is 0 Å². The molecular weight excluding hydrogens is 156 g/mol. The van der Waals surface area contributed by atoms with Crippen molar-refractivity contribution in [1.82, 2.24) is 0 Å². The minimum absolute atomic E-state index is 0.716. The average molecular weight is 178 g/mol. The van der Waals surface area contributed by atoms with Crippen LogP contribution in [0.15, 0.2) is 11.6 Å². The predicted molar refractivity (Wildman–Crippen MR) is 57.7 cm³/mol. The number of hydrogen-bond acceptors (Lipinski definition) is 0. The summed E-state index contributed by atoms with van der Waals surface area (Å²) in [4.78, 5) is 0. The fourth-order valence-electron chi connectivity index (χ4n) is 3.30. The van der Waals surface area contributed by atoms with Crippen LogP contribution in [0.4, 0.5) is 0 Å². The Balaban J connectivity index is 2.11. The van der Waals surface area contributed by atoms with Crippen molar-refractivity contribution in [2.24, 2.45) is 11.3 Å². The van der Waals surface area contributed by atoms with Gasteiger partial charge in [0, 0.05) is 0 Å². The maximum Gasteiger partial charge on any atom is -0.0198 e. The molecule has 0 heterocycles. The molecule has 0 N–H and O–H groups in total. The molecule has 0 aromatic rings. The molecular formula is C13H22. The summed E-state index contributed by atoms with van der Waals surface area (Å²) in [6, 6.07) is 0. The molecule has 0 aromatic heterocycles. The molecule has 2 bridgehead atoms. The summed E-state index contributed by atoms with van der Waals surface area (Å²) < 4.78 is 0. The van der Waals surface area contributed by atoms with Crippen LogP contribution in [0, 0.1) is 11.3 Å². The maximum absolute atomic E-state index is 2.50. The van der Waals surface area contributed by atoms with E-state index in [1.54, 1.807) is 5.57 Å². The van der Waals surface area contributed by atoms with Crippen LogP contribution in [-0.2, 0) is 0 Å². The molecule has 2 atom stereocenters. The van der Waals surface area contributed by atoms with E-state index in [0.29, 0.717) is 5.41 Å². The van der Waals surface area contributed by atoms with Gasteiger partial charge in [0.2, 0.25) is 0 Å². The third kappa shape index (κ3) is 1.82. The van der Waals surface area contributed by atoms with E-state index in [0.717, 1.165) is 5.92 Å². The molecule has 0 aliphatic heterocycles. The Morgan fingerprint density at radius 2 is 2.31 bits per heavy atom. The monoisotopic (exact) mass is 178 g/mol. The molecule has 2 aliphatic carbocycles. The number of rotatable bonds is 1. The molecule has 2 saturated carbocycles. The van der Waals surface area contributed by atoms with Crippen molar-refractivity contribution in [1.29, 1.82) is 0 Å². The Bertz CT molecular complexity index is 214. The van der Waals surface area contributed by atoms with Gasteiger partial charge in [0.1, 0.15) is 0 Å². The van der Waals surface area contributed by atoms with Crippen LogP contribution in [0.3, 0.4) is 0 Å². The standard InChI is InChI=1S/C13H22/c1-3-5-11-7-9-13(2)8-4-6-12(11)10-13/h5,12H,3-4,6-10H2,1-2H3. The predicted octanol–water partition coefficient (Wildman–Crippen LogP) is 4.31. The molecule has 0 nitrogen and oxygen atoms in total. The summed E-state index contributed by atoms with van der Waals surface area (Å²) in [6.45, 7) is 4.77. The quantitative estimate of drug-likeness (QED) is 0.525. The fourth-order valence-corrected chi connectivity index (χ4v) is 3.30. The van der Waals surface area contributed by atoms with Gasteiger partial charge in [-0.05, 0) is 49.9 Å². The van der Waals surface area contributed by atoms with E-state index in [4.69, 9.17) is 0 Å². The Morgan fingerprint density at radius 1 is 1.46 bits per heavy atom. The van der Waals surface area contributed by atoms with Gasteiger partial charge in [-0.2, -0.15) is 0 Å². The molecule has 2 rings (SSSR count). The van der Waals surface area contributed by atoms with Gasteiger partial charge in [-0.3, -0.25) is 0 Å². The van der Waals surface area contributed by atoms with Gasteiger partial charge in [-0.15, -0.1) is 0 Å². The molecule has 0 heteroatoms. The summed E-state index contributed by atoms with van der Waals surface area (Å²) in [5.41, 5.74) is 2.51. The van der Waals surface area contributed by atoms with E-state index in [2.05, 4.69) is 19.9 Å². The Hall–Kier alpha value is -0.260. The van der Waals surface area contributed by atoms with E-state index in [1.165, 1.54) is 44.9 Å². The summed E-state index contributed by atoms with van der Waals surface area (Å²) in [5.74, 6) is 0.965. The molecule has 0 spiro atoms. The third-order valence-corrected chi connectivity index (χ3v) is 4.08. The van der Waals surface area contributed by atoms with Crippen LogP contribution in [0.5, 0.6) is 0 Å². The molecule has 0 amide bonds. The van der Waals surface area contributed by atoms with Crippen molar-refractivity contribution in [3.63, 3.8) is 0 Å². The smallest absolute Gasteiger partial charge is 0.0198 e. The number of hydrogen-bond donors (Lipinski definition) is 0. The van der Waals surface area contributed by atoms with Gasteiger partial charge >= 0.3 is 0 Å². The van der Waals surface area contributed by atoms with Crippen LogP contribution < -0.4 is 0 Å². The average Bonchev–Trinajstić information content (AvgIpc) is 2.11. The highest BCUT2D eigenvalue weighted by molar-refractivity contribution is 5.13. The first-order valence-corrected chi connectivity index (χ1v) is 5.92. The van der Waals surface area contributed by atoms with Crippen LogP contribution in [0.25, 0.3) is 0 Å². The van der Waals surface area contributed by atoms with E-state index < -0.39 is 0 Å². The SMILES string of the molecule is CCC=C1CCC2(C)CCCC1C2. The van der Waals surface area contributed by atoms with Crippen LogP contribution in [0.2, 0.25) is 0 Å².